The Morgan fingerprint density at radius 3 is 2.71 bits per heavy atom. The van der Waals surface area contributed by atoms with Crippen molar-refractivity contribution in [3.8, 4) is 0 Å². The summed E-state index contributed by atoms with van der Waals surface area (Å²) < 4.78 is 0. The van der Waals surface area contributed by atoms with Gasteiger partial charge in [-0.3, -0.25) is 4.79 Å². The zero-order valence-corrected chi connectivity index (χ0v) is 11.1. The van der Waals surface area contributed by atoms with Crippen molar-refractivity contribution in [2.24, 2.45) is 0 Å². The van der Waals surface area contributed by atoms with Gasteiger partial charge in [-0.25, -0.2) is 0 Å². The van der Waals surface area contributed by atoms with E-state index in [2.05, 4.69) is 16.9 Å². The molecule has 3 nitrogen and oxygen atoms in total. The van der Waals surface area contributed by atoms with Crippen molar-refractivity contribution in [2.75, 3.05) is 30.4 Å². The third-order valence-electron chi connectivity index (χ3n) is 2.30. The van der Waals surface area contributed by atoms with Crippen LogP contribution in [0, 0.1) is 0 Å². The Hall–Kier alpha value is -1.00. The van der Waals surface area contributed by atoms with E-state index in [-0.39, 0.29) is 5.91 Å². The highest BCUT2D eigenvalue weighted by Crippen LogP contribution is 2.04. The number of hydrogen-bond acceptors (Lipinski definition) is 3. The molecule has 1 amide bonds. The number of para-hydroxylation sites is 1. The number of carbonyl (C=O) groups is 1. The van der Waals surface area contributed by atoms with Crippen LogP contribution in [-0.4, -0.2) is 31.0 Å². The maximum Gasteiger partial charge on any atom is 0.238 e. The predicted octanol–water partition coefficient (Wildman–Crippen LogP) is 2.36. The molecule has 0 fully saturated rings. The fraction of sp³-hybridized carbons (Fsp3) is 0.462. The summed E-state index contributed by atoms with van der Waals surface area (Å²) in [5.74, 6) is 1.21. The summed E-state index contributed by atoms with van der Waals surface area (Å²) in [6, 6.07) is 9.52. The number of rotatable bonds is 8. The molecule has 17 heavy (non-hydrogen) atoms. The van der Waals surface area contributed by atoms with Gasteiger partial charge in [-0.2, -0.15) is 11.8 Å². The number of anilines is 1. The van der Waals surface area contributed by atoms with Crippen LogP contribution in [0.4, 0.5) is 5.69 Å². The van der Waals surface area contributed by atoms with Crippen LogP contribution in [0.5, 0.6) is 0 Å². The molecule has 0 saturated carbocycles. The molecule has 0 bridgehead atoms. The summed E-state index contributed by atoms with van der Waals surface area (Å²) in [6.07, 6.45) is 4.44. The van der Waals surface area contributed by atoms with Gasteiger partial charge in [0.05, 0.1) is 6.54 Å². The van der Waals surface area contributed by atoms with Crippen LogP contribution in [0.2, 0.25) is 0 Å². The van der Waals surface area contributed by atoms with E-state index >= 15 is 0 Å². The van der Waals surface area contributed by atoms with E-state index in [0.717, 1.165) is 18.7 Å². The summed E-state index contributed by atoms with van der Waals surface area (Å²) >= 11 is 1.86. The molecule has 0 aliphatic carbocycles. The van der Waals surface area contributed by atoms with Gasteiger partial charge in [-0.1, -0.05) is 18.2 Å². The molecule has 0 unspecified atom stereocenters. The lowest BCUT2D eigenvalue weighted by atomic mass is 10.3. The second kappa shape index (κ2) is 9.07. The molecule has 0 aromatic heterocycles. The smallest absolute Gasteiger partial charge is 0.238 e. The Balaban J connectivity index is 2.06. The maximum absolute atomic E-state index is 11.5. The second-order valence-electron chi connectivity index (χ2n) is 3.79. The SMILES string of the molecule is CSCCCCNCC(=O)Nc1ccccc1. The zero-order chi connectivity index (χ0) is 12.3. The Morgan fingerprint density at radius 2 is 2.00 bits per heavy atom. The summed E-state index contributed by atoms with van der Waals surface area (Å²) in [5.41, 5.74) is 0.849. The molecule has 4 heteroatoms. The molecule has 0 aliphatic rings. The Morgan fingerprint density at radius 1 is 1.24 bits per heavy atom. The molecule has 1 aromatic rings. The monoisotopic (exact) mass is 252 g/mol. The molecule has 0 aliphatic heterocycles. The van der Waals surface area contributed by atoms with Crippen LogP contribution >= 0.6 is 11.8 Å². The fourth-order valence-electron chi connectivity index (χ4n) is 1.42. The first-order valence-corrected chi connectivity index (χ1v) is 7.27. The highest BCUT2D eigenvalue weighted by Gasteiger charge is 2.00. The topological polar surface area (TPSA) is 41.1 Å². The Labute approximate surface area is 107 Å². The predicted molar refractivity (Wildman–Crippen MR) is 75.6 cm³/mol. The Kier molecular flexibility index (Phi) is 7.51. The third kappa shape index (κ3) is 7.02. The van der Waals surface area contributed by atoms with Crippen LogP contribution in [0.3, 0.4) is 0 Å². The highest BCUT2D eigenvalue weighted by atomic mass is 32.2. The molecular formula is C13H20N2OS. The molecule has 0 saturated heterocycles. The van der Waals surface area contributed by atoms with Gasteiger partial charge in [0.2, 0.25) is 5.91 Å². The van der Waals surface area contributed by atoms with E-state index in [4.69, 9.17) is 0 Å². The summed E-state index contributed by atoms with van der Waals surface area (Å²) in [6.45, 7) is 1.29. The minimum Gasteiger partial charge on any atom is -0.325 e. The van der Waals surface area contributed by atoms with Crippen LogP contribution in [-0.2, 0) is 4.79 Å². The van der Waals surface area contributed by atoms with E-state index in [1.165, 1.54) is 12.2 Å². The first-order chi connectivity index (χ1) is 8.33. The van der Waals surface area contributed by atoms with Crippen molar-refractivity contribution in [2.45, 2.75) is 12.8 Å². The van der Waals surface area contributed by atoms with Crippen molar-refractivity contribution < 1.29 is 4.79 Å². The van der Waals surface area contributed by atoms with Crippen molar-refractivity contribution in [3.63, 3.8) is 0 Å². The molecule has 0 atom stereocenters. The number of benzene rings is 1. The first-order valence-electron chi connectivity index (χ1n) is 5.87. The average Bonchev–Trinajstić information content (AvgIpc) is 2.35. The van der Waals surface area contributed by atoms with Crippen molar-refractivity contribution in [3.05, 3.63) is 30.3 Å². The van der Waals surface area contributed by atoms with Gasteiger partial charge >= 0.3 is 0 Å². The first kappa shape index (κ1) is 14.1. The van der Waals surface area contributed by atoms with Crippen LogP contribution in [0.1, 0.15) is 12.8 Å². The van der Waals surface area contributed by atoms with Crippen LogP contribution < -0.4 is 10.6 Å². The number of unbranched alkanes of at least 4 members (excludes halogenated alkanes) is 1. The van der Waals surface area contributed by atoms with Crippen LogP contribution in [0.15, 0.2) is 30.3 Å². The van der Waals surface area contributed by atoms with Crippen molar-refractivity contribution >= 4 is 23.4 Å². The normalized spacial score (nSPS) is 10.2. The van der Waals surface area contributed by atoms with Gasteiger partial charge in [-0.05, 0) is 43.5 Å². The quantitative estimate of drug-likeness (QED) is 0.698. The van der Waals surface area contributed by atoms with E-state index in [9.17, 15) is 4.79 Å². The van der Waals surface area contributed by atoms with Gasteiger partial charge in [0, 0.05) is 5.69 Å². The minimum atomic E-state index is 0.0149. The van der Waals surface area contributed by atoms with Gasteiger partial charge in [0.25, 0.3) is 0 Å². The van der Waals surface area contributed by atoms with Gasteiger partial charge in [-0.15, -0.1) is 0 Å². The zero-order valence-electron chi connectivity index (χ0n) is 10.2. The molecule has 2 N–H and O–H groups in total. The van der Waals surface area contributed by atoms with Crippen LogP contribution in [0.25, 0.3) is 0 Å². The standard InChI is InChI=1S/C13H20N2OS/c1-17-10-6-5-9-14-11-13(16)15-12-7-3-2-4-8-12/h2-4,7-8,14H,5-6,9-11H2,1H3,(H,15,16). The van der Waals surface area contributed by atoms with Gasteiger partial charge in [0.1, 0.15) is 0 Å². The van der Waals surface area contributed by atoms with E-state index < -0.39 is 0 Å². The second-order valence-corrected chi connectivity index (χ2v) is 4.78. The molecule has 94 valence electrons. The highest BCUT2D eigenvalue weighted by molar-refractivity contribution is 7.98. The summed E-state index contributed by atoms with van der Waals surface area (Å²) in [5, 5.41) is 5.98. The molecule has 0 heterocycles. The number of nitrogens with one attached hydrogen (secondary N) is 2. The number of carbonyl (C=O) groups excluding carboxylic acids is 1. The van der Waals surface area contributed by atoms with Crippen molar-refractivity contribution in [1.29, 1.82) is 0 Å². The molecule has 1 rings (SSSR count). The fourth-order valence-corrected chi connectivity index (χ4v) is 1.92. The lowest BCUT2D eigenvalue weighted by Gasteiger charge is -2.06. The number of amides is 1. The lowest BCUT2D eigenvalue weighted by Crippen LogP contribution is -2.28. The van der Waals surface area contributed by atoms with E-state index in [1.54, 1.807) is 0 Å². The van der Waals surface area contributed by atoms with Gasteiger partial charge < -0.3 is 10.6 Å². The van der Waals surface area contributed by atoms with E-state index in [1.807, 2.05) is 42.1 Å². The lowest BCUT2D eigenvalue weighted by molar-refractivity contribution is -0.115. The molecule has 0 radical (unpaired) electrons. The maximum atomic E-state index is 11.5. The Bertz CT molecular complexity index is 316. The summed E-state index contributed by atoms with van der Waals surface area (Å²) in [7, 11) is 0. The van der Waals surface area contributed by atoms with Gasteiger partial charge in [0.15, 0.2) is 0 Å². The largest absolute Gasteiger partial charge is 0.325 e. The molecular weight excluding hydrogens is 232 g/mol. The third-order valence-corrected chi connectivity index (χ3v) is 2.99. The molecule has 0 spiro atoms. The minimum absolute atomic E-state index is 0.0149. The average molecular weight is 252 g/mol. The molecule has 1 aromatic carbocycles. The number of hydrogen-bond donors (Lipinski definition) is 2. The summed E-state index contributed by atoms with van der Waals surface area (Å²) in [4.78, 5) is 11.5. The number of thioether (sulfide) groups is 1. The van der Waals surface area contributed by atoms with Crippen molar-refractivity contribution in [1.82, 2.24) is 5.32 Å². The van der Waals surface area contributed by atoms with E-state index in [0.29, 0.717) is 6.54 Å².